The summed E-state index contributed by atoms with van der Waals surface area (Å²) >= 11 is 0. The van der Waals surface area contributed by atoms with Crippen LogP contribution in [-0.2, 0) is 6.42 Å². The summed E-state index contributed by atoms with van der Waals surface area (Å²) in [6, 6.07) is 17.3. The van der Waals surface area contributed by atoms with E-state index in [4.69, 9.17) is 0 Å². The second kappa shape index (κ2) is 12.8. The fraction of sp³-hybridized carbons (Fsp3) is 0.571. The molecular weight excluding hydrogens is 336 g/mol. The van der Waals surface area contributed by atoms with E-state index in [1.807, 2.05) is 13.8 Å². The Morgan fingerprint density at radius 1 is 0.679 bits per heavy atom. The number of rotatable bonds is 1. The average molecular weight is 379 g/mol. The standard InChI is InChI=1S/C13H10.C7H14.C6H12.C2H6/c1-3-7-12-10(5-1)9-11-6-2-4-8-13(11)12;1-2-7-5-3-4-6-7;1-6-4-2-3-5-6;1-2/h1-8H,9H2;7H,2-6H2,1H3;6H,2-5H2,1H3;1-2H3. The molecule has 3 aliphatic rings. The predicted molar refractivity (Wildman–Crippen MR) is 126 cm³/mol. The van der Waals surface area contributed by atoms with E-state index in [1.165, 1.54) is 80.0 Å². The van der Waals surface area contributed by atoms with Crippen LogP contribution < -0.4 is 0 Å². The Labute approximate surface area is 174 Å². The van der Waals surface area contributed by atoms with Gasteiger partial charge in [0.25, 0.3) is 0 Å². The Morgan fingerprint density at radius 3 is 1.46 bits per heavy atom. The molecule has 5 rings (SSSR count). The van der Waals surface area contributed by atoms with Crippen molar-refractivity contribution in [3.05, 3.63) is 59.7 Å². The highest BCUT2D eigenvalue weighted by molar-refractivity contribution is 5.76. The summed E-state index contributed by atoms with van der Waals surface area (Å²) in [6.07, 6.45) is 14.5. The van der Waals surface area contributed by atoms with E-state index in [9.17, 15) is 0 Å². The molecule has 2 aromatic rings. The van der Waals surface area contributed by atoms with Gasteiger partial charge in [-0.2, -0.15) is 0 Å². The van der Waals surface area contributed by atoms with Crippen LogP contribution in [0.4, 0.5) is 0 Å². The second-order valence-corrected chi connectivity index (χ2v) is 8.44. The molecule has 0 saturated heterocycles. The average Bonchev–Trinajstić information content (AvgIpc) is 3.51. The highest BCUT2D eigenvalue weighted by atomic mass is 14.2. The molecule has 0 aliphatic heterocycles. The molecule has 0 radical (unpaired) electrons. The largest absolute Gasteiger partial charge is 0.0683 e. The van der Waals surface area contributed by atoms with Crippen LogP contribution in [0.1, 0.15) is 96.6 Å². The van der Waals surface area contributed by atoms with E-state index >= 15 is 0 Å². The zero-order valence-corrected chi connectivity index (χ0v) is 18.8. The van der Waals surface area contributed by atoms with Gasteiger partial charge in [-0.3, -0.25) is 0 Å². The van der Waals surface area contributed by atoms with Gasteiger partial charge in [-0.25, -0.2) is 0 Å². The molecule has 0 heteroatoms. The van der Waals surface area contributed by atoms with Gasteiger partial charge in [-0.05, 0) is 40.5 Å². The first kappa shape index (κ1) is 22.7. The first-order valence-electron chi connectivity index (χ1n) is 11.9. The van der Waals surface area contributed by atoms with E-state index in [2.05, 4.69) is 62.4 Å². The Morgan fingerprint density at radius 2 is 1.11 bits per heavy atom. The lowest BCUT2D eigenvalue weighted by Crippen LogP contribution is -1.86. The molecule has 0 amide bonds. The summed E-state index contributed by atoms with van der Waals surface area (Å²) in [5.41, 5.74) is 5.75. The minimum Gasteiger partial charge on any atom is -0.0683 e. The molecule has 2 saturated carbocycles. The topological polar surface area (TPSA) is 0 Å². The van der Waals surface area contributed by atoms with Crippen LogP contribution in [0.3, 0.4) is 0 Å². The number of hydrogen-bond acceptors (Lipinski definition) is 0. The normalized spacial score (nSPS) is 17.3. The maximum absolute atomic E-state index is 2.34. The van der Waals surface area contributed by atoms with Gasteiger partial charge in [-0.15, -0.1) is 0 Å². The lowest BCUT2D eigenvalue weighted by atomic mass is 10.1. The molecule has 0 nitrogen and oxygen atoms in total. The maximum atomic E-state index is 2.34. The van der Waals surface area contributed by atoms with Gasteiger partial charge in [-0.1, -0.05) is 134 Å². The van der Waals surface area contributed by atoms with Gasteiger partial charge >= 0.3 is 0 Å². The Kier molecular flexibility index (Phi) is 10.4. The maximum Gasteiger partial charge on any atom is -0.00135 e. The lowest BCUT2D eigenvalue weighted by molar-refractivity contribution is 0.531. The highest BCUT2D eigenvalue weighted by Crippen LogP contribution is 2.35. The summed E-state index contributed by atoms with van der Waals surface area (Å²) in [7, 11) is 0. The van der Waals surface area contributed by atoms with Gasteiger partial charge in [0.2, 0.25) is 0 Å². The number of fused-ring (bicyclic) bond motifs is 3. The quantitative estimate of drug-likeness (QED) is 0.396. The molecule has 28 heavy (non-hydrogen) atoms. The van der Waals surface area contributed by atoms with Crippen molar-refractivity contribution < 1.29 is 0 Å². The minimum absolute atomic E-state index is 1.05. The summed E-state index contributed by atoms with van der Waals surface area (Å²) in [6.45, 7) is 8.64. The molecule has 2 fully saturated rings. The van der Waals surface area contributed by atoms with Crippen molar-refractivity contribution in [2.24, 2.45) is 11.8 Å². The van der Waals surface area contributed by atoms with Crippen molar-refractivity contribution in [3.63, 3.8) is 0 Å². The van der Waals surface area contributed by atoms with Gasteiger partial charge in [0.15, 0.2) is 0 Å². The third-order valence-electron chi connectivity index (χ3n) is 6.40. The van der Waals surface area contributed by atoms with Crippen molar-refractivity contribution in [2.45, 2.75) is 91.9 Å². The van der Waals surface area contributed by atoms with Gasteiger partial charge in [0.05, 0.1) is 0 Å². The molecule has 2 aromatic carbocycles. The molecule has 0 spiro atoms. The number of hydrogen-bond donors (Lipinski definition) is 0. The molecule has 0 bridgehead atoms. The molecule has 0 N–H and O–H groups in total. The third-order valence-corrected chi connectivity index (χ3v) is 6.40. The van der Waals surface area contributed by atoms with Crippen LogP contribution in [0.25, 0.3) is 11.1 Å². The molecule has 3 aliphatic carbocycles. The smallest absolute Gasteiger partial charge is 0.00135 e. The van der Waals surface area contributed by atoms with Crippen LogP contribution in [0.2, 0.25) is 0 Å². The first-order valence-corrected chi connectivity index (χ1v) is 11.9. The summed E-state index contributed by atoms with van der Waals surface area (Å²) < 4.78 is 0. The van der Waals surface area contributed by atoms with Crippen molar-refractivity contribution >= 4 is 0 Å². The predicted octanol–water partition coefficient (Wildman–Crippen LogP) is 9.07. The molecule has 0 heterocycles. The summed E-state index contributed by atoms with van der Waals surface area (Å²) in [4.78, 5) is 0. The van der Waals surface area contributed by atoms with E-state index in [0.717, 1.165) is 18.3 Å². The zero-order valence-electron chi connectivity index (χ0n) is 18.8. The lowest BCUT2D eigenvalue weighted by Gasteiger charge is -1.99. The van der Waals surface area contributed by atoms with E-state index in [-0.39, 0.29) is 0 Å². The Hall–Kier alpha value is -1.56. The zero-order chi connectivity index (χ0) is 20.2. The van der Waals surface area contributed by atoms with Crippen molar-refractivity contribution in [2.75, 3.05) is 0 Å². The minimum atomic E-state index is 1.05. The van der Waals surface area contributed by atoms with Crippen LogP contribution >= 0.6 is 0 Å². The molecule has 0 atom stereocenters. The fourth-order valence-electron chi connectivity index (χ4n) is 4.63. The summed E-state index contributed by atoms with van der Waals surface area (Å²) in [5.74, 6) is 2.14. The Bertz CT molecular complexity index is 614. The second-order valence-electron chi connectivity index (χ2n) is 8.44. The molecule has 0 aromatic heterocycles. The van der Waals surface area contributed by atoms with Crippen LogP contribution in [0.15, 0.2) is 48.5 Å². The Balaban J connectivity index is 0.000000159. The van der Waals surface area contributed by atoms with Gasteiger partial charge in [0.1, 0.15) is 0 Å². The van der Waals surface area contributed by atoms with Gasteiger partial charge in [0, 0.05) is 0 Å². The van der Waals surface area contributed by atoms with Crippen molar-refractivity contribution in [1.29, 1.82) is 0 Å². The SMILES string of the molecule is CC.CC1CCCC1.CCC1CCCC1.c1ccc2c(c1)Cc1ccccc1-2. The van der Waals surface area contributed by atoms with Crippen LogP contribution in [0.5, 0.6) is 0 Å². The van der Waals surface area contributed by atoms with Gasteiger partial charge < -0.3 is 0 Å². The highest BCUT2D eigenvalue weighted by Gasteiger charge is 2.15. The fourth-order valence-corrected chi connectivity index (χ4v) is 4.63. The van der Waals surface area contributed by atoms with E-state index in [1.54, 1.807) is 0 Å². The molecular formula is C28H42. The summed E-state index contributed by atoms with van der Waals surface area (Å²) in [5, 5.41) is 0. The van der Waals surface area contributed by atoms with Crippen LogP contribution in [0, 0.1) is 11.8 Å². The first-order chi connectivity index (χ1) is 13.8. The van der Waals surface area contributed by atoms with Crippen molar-refractivity contribution in [3.8, 4) is 11.1 Å². The van der Waals surface area contributed by atoms with E-state index in [0.29, 0.717) is 0 Å². The number of benzene rings is 2. The third kappa shape index (κ3) is 6.80. The van der Waals surface area contributed by atoms with Crippen molar-refractivity contribution in [1.82, 2.24) is 0 Å². The molecule has 0 unspecified atom stereocenters. The molecule has 154 valence electrons. The monoisotopic (exact) mass is 378 g/mol. The van der Waals surface area contributed by atoms with Crippen LogP contribution in [-0.4, -0.2) is 0 Å². The van der Waals surface area contributed by atoms with E-state index < -0.39 is 0 Å².